The van der Waals surface area contributed by atoms with Crippen LogP contribution in [0.2, 0.25) is 0 Å². The number of anilines is 2. The van der Waals surface area contributed by atoms with Crippen LogP contribution < -0.4 is 15.4 Å². The van der Waals surface area contributed by atoms with Crippen LogP contribution in [0.4, 0.5) is 15.9 Å². The van der Waals surface area contributed by atoms with Crippen LogP contribution in [0.25, 0.3) is 0 Å². The lowest BCUT2D eigenvalue weighted by atomic mass is 10.2. The Morgan fingerprint density at radius 3 is 2.82 bits per heavy atom. The van der Waals surface area contributed by atoms with Gasteiger partial charge < -0.3 is 15.4 Å². The third kappa shape index (κ3) is 3.91. The molecule has 0 aliphatic rings. The van der Waals surface area contributed by atoms with Gasteiger partial charge in [0.05, 0.1) is 7.11 Å². The van der Waals surface area contributed by atoms with Crippen LogP contribution in [0, 0.1) is 12.7 Å². The number of hydrogen-bond acceptors (Lipinski definition) is 5. The molecule has 116 valence electrons. The van der Waals surface area contributed by atoms with E-state index in [4.69, 9.17) is 4.74 Å². The molecule has 1 aromatic carbocycles. The van der Waals surface area contributed by atoms with Crippen LogP contribution in [-0.4, -0.2) is 29.0 Å². The number of ether oxygens (including phenoxy) is 1. The SMILES string of the molecule is COc1cc(N[C@H](C)C(=O)Nc2cc(F)ccc2C)ncn1. The Morgan fingerprint density at radius 2 is 2.09 bits per heavy atom. The molecule has 0 radical (unpaired) electrons. The topological polar surface area (TPSA) is 76.1 Å². The molecule has 0 fully saturated rings. The van der Waals surface area contributed by atoms with Gasteiger partial charge >= 0.3 is 0 Å². The van der Waals surface area contributed by atoms with Crippen molar-refractivity contribution in [1.82, 2.24) is 9.97 Å². The predicted octanol–water partition coefficient (Wildman–Crippen LogP) is 2.37. The smallest absolute Gasteiger partial charge is 0.246 e. The maximum atomic E-state index is 13.2. The number of halogens is 1. The third-order valence-electron chi connectivity index (χ3n) is 3.07. The molecule has 2 aromatic rings. The van der Waals surface area contributed by atoms with Gasteiger partial charge in [-0.05, 0) is 31.5 Å². The first-order chi connectivity index (χ1) is 10.5. The van der Waals surface area contributed by atoms with E-state index in [1.54, 1.807) is 26.0 Å². The van der Waals surface area contributed by atoms with E-state index in [1.165, 1.54) is 25.6 Å². The molecule has 0 aliphatic carbocycles. The first kappa shape index (κ1) is 15.7. The summed E-state index contributed by atoms with van der Waals surface area (Å²) < 4.78 is 18.2. The minimum atomic E-state index is -0.567. The number of nitrogens with one attached hydrogen (secondary N) is 2. The first-order valence-corrected chi connectivity index (χ1v) is 6.69. The summed E-state index contributed by atoms with van der Waals surface area (Å²) in [6.07, 6.45) is 1.34. The van der Waals surface area contributed by atoms with Crippen LogP contribution in [0.1, 0.15) is 12.5 Å². The number of aryl methyl sites for hydroxylation is 1. The van der Waals surface area contributed by atoms with Crippen molar-refractivity contribution in [2.75, 3.05) is 17.7 Å². The van der Waals surface area contributed by atoms with Crippen LogP contribution >= 0.6 is 0 Å². The Kier molecular flexibility index (Phi) is 4.88. The summed E-state index contributed by atoms with van der Waals surface area (Å²) in [6, 6.07) is 5.26. The zero-order valence-electron chi connectivity index (χ0n) is 12.6. The molecule has 7 heteroatoms. The molecular weight excluding hydrogens is 287 g/mol. The summed E-state index contributed by atoms with van der Waals surface area (Å²) >= 11 is 0. The monoisotopic (exact) mass is 304 g/mol. The average Bonchev–Trinajstić information content (AvgIpc) is 2.51. The van der Waals surface area contributed by atoms with E-state index in [2.05, 4.69) is 20.6 Å². The minimum Gasteiger partial charge on any atom is -0.481 e. The largest absolute Gasteiger partial charge is 0.481 e. The number of nitrogens with zero attached hydrogens (tertiary/aromatic N) is 2. The molecule has 22 heavy (non-hydrogen) atoms. The van der Waals surface area contributed by atoms with Crippen LogP contribution in [0.3, 0.4) is 0 Å². The molecule has 2 rings (SSSR count). The number of aromatic nitrogens is 2. The van der Waals surface area contributed by atoms with E-state index in [0.717, 1.165) is 5.56 Å². The fourth-order valence-electron chi connectivity index (χ4n) is 1.79. The van der Waals surface area contributed by atoms with Crippen molar-refractivity contribution in [1.29, 1.82) is 0 Å². The van der Waals surface area contributed by atoms with Gasteiger partial charge in [0, 0.05) is 11.8 Å². The second kappa shape index (κ2) is 6.84. The third-order valence-corrected chi connectivity index (χ3v) is 3.07. The zero-order chi connectivity index (χ0) is 16.1. The van der Waals surface area contributed by atoms with E-state index < -0.39 is 11.9 Å². The van der Waals surface area contributed by atoms with Crippen molar-refractivity contribution >= 4 is 17.4 Å². The number of rotatable bonds is 5. The number of amides is 1. The summed E-state index contributed by atoms with van der Waals surface area (Å²) in [6.45, 7) is 3.47. The molecule has 2 N–H and O–H groups in total. The molecule has 1 heterocycles. The van der Waals surface area contributed by atoms with Gasteiger partial charge in [-0.15, -0.1) is 0 Å². The van der Waals surface area contributed by atoms with Crippen molar-refractivity contribution in [2.45, 2.75) is 19.9 Å². The maximum Gasteiger partial charge on any atom is 0.246 e. The molecule has 0 saturated heterocycles. The molecule has 0 bridgehead atoms. The molecule has 1 atom stereocenters. The normalized spacial score (nSPS) is 11.6. The van der Waals surface area contributed by atoms with Crippen molar-refractivity contribution < 1.29 is 13.9 Å². The van der Waals surface area contributed by atoms with E-state index in [-0.39, 0.29) is 5.91 Å². The Labute approximate surface area is 127 Å². The van der Waals surface area contributed by atoms with Gasteiger partial charge in [-0.25, -0.2) is 14.4 Å². The number of benzene rings is 1. The molecule has 1 amide bonds. The first-order valence-electron chi connectivity index (χ1n) is 6.69. The second-order valence-corrected chi connectivity index (χ2v) is 4.76. The van der Waals surface area contributed by atoms with Crippen molar-refractivity contribution in [3.8, 4) is 5.88 Å². The van der Waals surface area contributed by atoms with Gasteiger partial charge in [-0.2, -0.15) is 0 Å². The van der Waals surface area contributed by atoms with Gasteiger partial charge in [-0.3, -0.25) is 4.79 Å². The molecule has 0 aliphatic heterocycles. The predicted molar refractivity (Wildman–Crippen MR) is 81.4 cm³/mol. The number of carbonyl (C=O) groups is 1. The van der Waals surface area contributed by atoms with E-state index in [9.17, 15) is 9.18 Å². The number of methoxy groups -OCH3 is 1. The standard InChI is InChI=1S/C15H17FN4O2/c1-9-4-5-11(16)6-12(9)20-15(21)10(2)19-13-7-14(22-3)18-8-17-13/h4-8,10H,1-3H3,(H,20,21)(H,17,18,19)/t10-/m1/s1. The van der Waals surface area contributed by atoms with Crippen LogP contribution in [-0.2, 0) is 4.79 Å². The highest BCUT2D eigenvalue weighted by Gasteiger charge is 2.15. The lowest BCUT2D eigenvalue weighted by molar-refractivity contribution is -0.116. The highest BCUT2D eigenvalue weighted by molar-refractivity contribution is 5.96. The van der Waals surface area contributed by atoms with Gasteiger partial charge in [0.15, 0.2) is 0 Å². The molecule has 0 saturated carbocycles. The van der Waals surface area contributed by atoms with Crippen molar-refractivity contribution in [3.05, 3.63) is 42.0 Å². The zero-order valence-corrected chi connectivity index (χ0v) is 12.6. The Bertz CT molecular complexity index is 678. The summed E-state index contributed by atoms with van der Waals surface area (Å²) in [7, 11) is 1.50. The molecule has 1 aromatic heterocycles. The fourth-order valence-corrected chi connectivity index (χ4v) is 1.79. The highest BCUT2D eigenvalue weighted by atomic mass is 19.1. The van der Waals surface area contributed by atoms with Gasteiger partial charge in [0.2, 0.25) is 11.8 Å². The minimum absolute atomic E-state index is 0.300. The molecule has 6 nitrogen and oxygen atoms in total. The molecule has 0 spiro atoms. The summed E-state index contributed by atoms with van der Waals surface area (Å²) in [4.78, 5) is 20.1. The highest BCUT2D eigenvalue weighted by Crippen LogP contribution is 2.17. The number of hydrogen-bond donors (Lipinski definition) is 2. The second-order valence-electron chi connectivity index (χ2n) is 4.76. The molecular formula is C15H17FN4O2. The van der Waals surface area contributed by atoms with Gasteiger partial charge in [0.25, 0.3) is 0 Å². The molecule has 0 unspecified atom stereocenters. The Morgan fingerprint density at radius 1 is 1.32 bits per heavy atom. The average molecular weight is 304 g/mol. The van der Waals surface area contributed by atoms with E-state index in [1.807, 2.05) is 0 Å². The Balaban J connectivity index is 2.04. The van der Waals surface area contributed by atoms with Gasteiger partial charge in [0.1, 0.15) is 24.0 Å². The Hall–Kier alpha value is -2.70. The fraction of sp³-hybridized carbons (Fsp3) is 0.267. The summed E-state index contributed by atoms with van der Waals surface area (Å²) in [5, 5.41) is 5.62. The van der Waals surface area contributed by atoms with Crippen LogP contribution in [0.15, 0.2) is 30.6 Å². The van der Waals surface area contributed by atoms with Crippen LogP contribution in [0.5, 0.6) is 5.88 Å². The van der Waals surface area contributed by atoms with Gasteiger partial charge in [-0.1, -0.05) is 6.07 Å². The summed E-state index contributed by atoms with van der Waals surface area (Å²) in [5.74, 6) is 0.157. The lowest BCUT2D eigenvalue weighted by Gasteiger charge is -2.16. The quantitative estimate of drug-likeness (QED) is 0.887. The number of carbonyl (C=O) groups excluding carboxylic acids is 1. The van der Waals surface area contributed by atoms with Crippen molar-refractivity contribution in [2.24, 2.45) is 0 Å². The van der Waals surface area contributed by atoms with Crippen molar-refractivity contribution in [3.63, 3.8) is 0 Å². The van der Waals surface area contributed by atoms with E-state index in [0.29, 0.717) is 17.4 Å². The maximum absolute atomic E-state index is 13.2. The van der Waals surface area contributed by atoms with E-state index >= 15 is 0 Å². The lowest BCUT2D eigenvalue weighted by Crippen LogP contribution is -2.32. The summed E-state index contributed by atoms with van der Waals surface area (Å²) in [5.41, 5.74) is 1.23.